The number of allylic oxidation sites excluding steroid dienone is 2. The number of aliphatic imine (C=N–C) groups is 1. The van der Waals surface area contributed by atoms with Gasteiger partial charge in [0.25, 0.3) is 0 Å². The lowest BCUT2D eigenvalue weighted by molar-refractivity contribution is -0.274. The van der Waals surface area contributed by atoms with Crippen molar-refractivity contribution in [1.82, 2.24) is 0 Å². The Morgan fingerprint density at radius 1 is 1.10 bits per heavy atom. The number of rotatable bonds is 3. The third kappa shape index (κ3) is 5.76. The Hall–Kier alpha value is -2.19. The van der Waals surface area contributed by atoms with Crippen LogP contribution in [-0.2, 0) is 0 Å². The van der Waals surface area contributed by atoms with Gasteiger partial charge >= 0.3 is 12.5 Å². The first kappa shape index (κ1) is 16.9. The fourth-order valence-corrected chi connectivity index (χ4v) is 1.20. The van der Waals surface area contributed by atoms with Crippen molar-refractivity contribution in [2.75, 3.05) is 0 Å². The molecular weight excluding hydrogens is 302 g/mol. The lowest BCUT2D eigenvalue weighted by Crippen LogP contribution is -2.21. The van der Waals surface area contributed by atoms with Crippen LogP contribution in [0.2, 0.25) is 0 Å². The minimum Gasteiger partial charge on any atom is -0.406 e. The van der Waals surface area contributed by atoms with Crippen molar-refractivity contribution in [3.63, 3.8) is 0 Å². The fourth-order valence-electron chi connectivity index (χ4n) is 1.20. The van der Waals surface area contributed by atoms with Gasteiger partial charge < -0.3 is 10.5 Å². The zero-order valence-electron chi connectivity index (χ0n) is 10.6. The summed E-state index contributed by atoms with van der Waals surface area (Å²) in [5.74, 6) is -0.455. The van der Waals surface area contributed by atoms with E-state index in [2.05, 4.69) is 9.73 Å². The van der Waals surface area contributed by atoms with Crippen molar-refractivity contribution < 1.29 is 31.1 Å². The number of alkyl halides is 6. The molecule has 21 heavy (non-hydrogen) atoms. The average Bonchev–Trinajstić information content (AvgIpc) is 2.33. The first-order chi connectivity index (χ1) is 9.49. The van der Waals surface area contributed by atoms with Gasteiger partial charge in [-0.2, -0.15) is 13.2 Å². The van der Waals surface area contributed by atoms with Crippen LogP contribution in [-0.4, -0.2) is 18.8 Å². The predicted octanol–water partition coefficient (Wildman–Crippen LogP) is 4.08. The number of hydrogen-bond acceptors (Lipinski definition) is 3. The molecular formula is C12H10F6N2O. The molecule has 0 aliphatic carbocycles. The van der Waals surface area contributed by atoms with Gasteiger partial charge in [-0.3, -0.25) is 4.99 Å². The molecule has 0 aliphatic rings. The summed E-state index contributed by atoms with van der Waals surface area (Å²) < 4.78 is 76.2. The van der Waals surface area contributed by atoms with Gasteiger partial charge in [0.1, 0.15) is 11.4 Å². The van der Waals surface area contributed by atoms with Crippen LogP contribution < -0.4 is 10.5 Å². The van der Waals surface area contributed by atoms with Gasteiger partial charge in [-0.1, -0.05) is 0 Å². The van der Waals surface area contributed by atoms with E-state index in [1.165, 1.54) is 0 Å². The minimum absolute atomic E-state index is 0.152. The molecule has 3 nitrogen and oxygen atoms in total. The number of hydrogen-bond donors (Lipinski definition) is 1. The quantitative estimate of drug-likeness (QED) is 0.675. The lowest BCUT2D eigenvalue weighted by Gasteiger charge is -2.08. The van der Waals surface area contributed by atoms with Crippen LogP contribution in [0.4, 0.5) is 32.0 Å². The topological polar surface area (TPSA) is 47.6 Å². The highest BCUT2D eigenvalue weighted by Crippen LogP contribution is 2.26. The van der Waals surface area contributed by atoms with E-state index in [1.807, 2.05) is 0 Å². The number of ether oxygens (including phenoxy) is 1. The highest BCUT2D eigenvalue weighted by Gasteiger charge is 2.32. The summed E-state index contributed by atoms with van der Waals surface area (Å²) in [7, 11) is 0. The highest BCUT2D eigenvalue weighted by molar-refractivity contribution is 5.81. The van der Waals surface area contributed by atoms with E-state index < -0.39 is 24.0 Å². The summed E-state index contributed by atoms with van der Waals surface area (Å²) in [5, 5.41) is 0. The van der Waals surface area contributed by atoms with Crippen LogP contribution >= 0.6 is 0 Å². The monoisotopic (exact) mass is 312 g/mol. The molecule has 0 heterocycles. The third-order valence-corrected chi connectivity index (χ3v) is 2.21. The summed E-state index contributed by atoms with van der Waals surface area (Å²) in [6.07, 6.45) is -8.60. The maximum Gasteiger partial charge on any atom is 0.573 e. The second kappa shape index (κ2) is 6.06. The van der Waals surface area contributed by atoms with Crippen LogP contribution in [0.1, 0.15) is 6.92 Å². The molecule has 0 amide bonds. The van der Waals surface area contributed by atoms with Crippen molar-refractivity contribution in [3.05, 3.63) is 35.5 Å². The molecule has 2 N–H and O–H groups in total. The maximum absolute atomic E-state index is 12.3. The molecule has 0 aromatic heterocycles. The second-order valence-electron chi connectivity index (χ2n) is 3.89. The zero-order chi connectivity index (χ0) is 16.3. The molecule has 0 atom stereocenters. The largest absolute Gasteiger partial charge is 0.573 e. The maximum atomic E-state index is 12.3. The Balaban J connectivity index is 2.83. The van der Waals surface area contributed by atoms with Crippen molar-refractivity contribution in [3.8, 4) is 5.75 Å². The molecule has 0 bridgehead atoms. The normalized spacial score (nSPS) is 14.2. The molecule has 0 radical (unpaired) electrons. The van der Waals surface area contributed by atoms with Crippen LogP contribution in [0, 0.1) is 0 Å². The van der Waals surface area contributed by atoms with Gasteiger partial charge in [0, 0.05) is 6.21 Å². The Labute approximate surface area is 115 Å². The Morgan fingerprint density at radius 2 is 1.62 bits per heavy atom. The summed E-state index contributed by atoms with van der Waals surface area (Å²) in [4.78, 5) is 3.68. The van der Waals surface area contributed by atoms with Crippen molar-refractivity contribution in [1.29, 1.82) is 0 Å². The van der Waals surface area contributed by atoms with E-state index in [4.69, 9.17) is 5.73 Å². The molecule has 9 heteroatoms. The summed E-state index contributed by atoms with van der Waals surface area (Å²) in [5.41, 5.74) is 3.43. The van der Waals surface area contributed by atoms with E-state index in [0.29, 0.717) is 0 Å². The van der Waals surface area contributed by atoms with E-state index in [-0.39, 0.29) is 11.3 Å². The SMILES string of the molecule is C/C(C=Nc1ccc(OC(F)(F)F)cc1)=C(/N)C(F)(F)F. The summed E-state index contributed by atoms with van der Waals surface area (Å²) in [6.45, 7) is 1.12. The standard InChI is InChI=1S/C12H10F6N2O/c1-7(10(19)11(13,14)15)6-20-8-2-4-9(5-3-8)21-12(16,17)18/h2-6H,19H2,1H3/b10-7-,20-6?. The van der Waals surface area contributed by atoms with E-state index in [1.54, 1.807) is 0 Å². The van der Waals surface area contributed by atoms with E-state index in [9.17, 15) is 26.3 Å². The Kier molecular flexibility index (Phi) is 4.87. The van der Waals surface area contributed by atoms with Crippen LogP contribution in [0.5, 0.6) is 5.75 Å². The van der Waals surface area contributed by atoms with Gasteiger partial charge in [0.15, 0.2) is 0 Å². The Morgan fingerprint density at radius 3 is 2.05 bits per heavy atom. The highest BCUT2D eigenvalue weighted by atomic mass is 19.4. The second-order valence-corrected chi connectivity index (χ2v) is 3.89. The number of nitrogens with zero attached hydrogens (tertiary/aromatic N) is 1. The molecule has 0 fully saturated rings. The van der Waals surface area contributed by atoms with Gasteiger partial charge in [0.2, 0.25) is 0 Å². The van der Waals surface area contributed by atoms with Gasteiger partial charge in [-0.15, -0.1) is 13.2 Å². The first-order valence-corrected chi connectivity index (χ1v) is 5.42. The molecule has 0 saturated heterocycles. The molecule has 0 saturated carbocycles. The molecule has 0 aliphatic heterocycles. The minimum atomic E-state index is -4.81. The molecule has 1 aromatic rings. The molecule has 0 unspecified atom stereocenters. The zero-order valence-corrected chi connectivity index (χ0v) is 10.6. The summed E-state index contributed by atoms with van der Waals surface area (Å²) >= 11 is 0. The summed E-state index contributed by atoms with van der Waals surface area (Å²) in [6, 6.07) is 4.31. The molecule has 1 rings (SSSR count). The van der Waals surface area contributed by atoms with E-state index >= 15 is 0 Å². The van der Waals surface area contributed by atoms with Crippen molar-refractivity contribution in [2.45, 2.75) is 19.5 Å². The van der Waals surface area contributed by atoms with Gasteiger partial charge in [-0.25, -0.2) is 0 Å². The van der Waals surface area contributed by atoms with Crippen LogP contribution in [0.3, 0.4) is 0 Å². The van der Waals surface area contributed by atoms with Crippen LogP contribution in [0.15, 0.2) is 40.5 Å². The number of nitrogens with two attached hydrogens (primary N) is 1. The third-order valence-electron chi connectivity index (χ3n) is 2.21. The Bertz CT molecular complexity index is 542. The van der Waals surface area contributed by atoms with Crippen molar-refractivity contribution >= 4 is 11.9 Å². The van der Waals surface area contributed by atoms with Crippen molar-refractivity contribution in [2.24, 2.45) is 10.7 Å². The number of halogens is 6. The van der Waals surface area contributed by atoms with Gasteiger partial charge in [-0.05, 0) is 36.8 Å². The first-order valence-electron chi connectivity index (χ1n) is 5.42. The molecule has 116 valence electrons. The molecule has 1 aromatic carbocycles. The molecule has 0 spiro atoms. The number of benzene rings is 1. The fraction of sp³-hybridized carbons (Fsp3) is 0.250. The lowest BCUT2D eigenvalue weighted by atomic mass is 10.2. The van der Waals surface area contributed by atoms with E-state index in [0.717, 1.165) is 37.4 Å². The van der Waals surface area contributed by atoms with Gasteiger partial charge in [0.05, 0.1) is 5.69 Å². The smallest absolute Gasteiger partial charge is 0.406 e. The average molecular weight is 312 g/mol. The van der Waals surface area contributed by atoms with Crippen LogP contribution in [0.25, 0.3) is 0 Å². The predicted molar refractivity (Wildman–Crippen MR) is 64.2 cm³/mol.